The zero-order valence-electron chi connectivity index (χ0n) is 17.0. The minimum atomic E-state index is -1.67. The highest BCUT2D eigenvalue weighted by Crippen LogP contribution is 2.28. The summed E-state index contributed by atoms with van der Waals surface area (Å²) in [6, 6.07) is 10.5. The summed E-state index contributed by atoms with van der Waals surface area (Å²) in [5.41, 5.74) is 1.99. The molecule has 2 unspecified atom stereocenters. The number of ether oxygens (including phenoxy) is 1. The fourth-order valence-electron chi connectivity index (χ4n) is 2.73. The molecule has 2 atom stereocenters. The van der Waals surface area contributed by atoms with Gasteiger partial charge in [-0.15, -0.1) is 10.2 Å². The summed E-state index contributed by atoms with van der Waals surface area (Å²) in [6.07, 6.45) is 0.747. The Labute approximate surface area is 184 Å². The second-order valence-corrected chi connectivity index (χ2v) is 7.78. The fraction of sp³-hybridized carbons (Fsp3) is 0.143. The van der Waals surface area contributed by atoms with Gasteiger partial charge < -0.3 is 9.84 Å². The zero-order chi connectivity index (χ0) is 22.7. The summed E-state index contributed by atoms with van der Waals surface area (Å²) in [5, 5.41) is 21.9. The maximum atomic E-state index is 13.2. The zero-order valence-corrected chi connectivity index (χ0v) is 17.8. The minimum absolute atomic E-state index is 0.234. The van der Waals surface area contributed by atoms with Crippen LogP contribution in [0.25, 0.3) is 16.9 Å². The fourth-order valence-corrected chi connectivity index (χ4v) is 3.58. The Morgan fingerprint density at radius 3 is 2.72 bits per heavy atom. The second-order valence-electron chi connectivity index (χ2n) is 6.56. The molecule has 4 aromatic rings. The van der Waals surface area contributed by atoms with Crippen molar-refractivity contribution in [2.45, 2.75) is 17.9 Å². The number of hydrogen-bond acceptors (Lipinski definition) is 7. The van der Waals surface area contributed by atoms with Gasteiger partial charge in [0.1, 0.15) is 28.6 Å². The van der Waals surface area contributed by atoms with Gasteiger partial charge in [-0.1, -0.05) is 5.92 Å². The quantitative estimate of drug-likeness (QED) is 0.446. The van der Waals surface area contributed by atoms with Gasteiger partial charge in [0.15, 0.2) is 5.65 Å². The molecule has 0 aliphatic carbocycles. The van der Waals surface area contributed by atoms with Crippen LogP contribution in [0.5, 0.6) is 5.88 Å². The average molecular weight is 452 g/mol. The molecule has 0 radical (unpaired) electrons. The molecule has 0 saturated heterocycles. The van der Waals surface area contributed by atoms with E-state index in [0.29, 0.717) is 27.5 Å². The smallest absolute Gasteiger partial charge is 0.238 e. The third kappa shape index (κ3) is 4.56. The first-order valence-corrected chi connectivity index (χ1v) is 10.5. The number of anilines is 1. The van der Waals surface area contributed by atoms with Gasteiger partial charge in [-0.3, -0.25) is 4.72 Å². The van der Waals surface area contributed by atoms with Crippen LogP contribution in [0.3, 0.4) is 0 Å². The third-order valence-electron chi connectivity index (χ3n) is 4.23. The molecule has 0 fully saturated rings. The Balaban J connectivity index is 1.69. The summed E-state index contributed by atoms with van der Waals surface area (Å²) in [7, 11) is -0.223. The number of methoxy groups -OCH3 is 1. The number of aromatic nitrogens is 5. The highest BCUT2D eigenvalue weighted by molar-refractivity contribution is 7.86. The Hall–Kier alpha value is -3.88. The molecule has 2 N–H and O–H groups in total. The highest BCUT2D eigenvalue weighted by atomic mass is 32.2. The number of benzene rings is 1. The standard InChI is InChI=1S/C21H17FN6O3S/c1-13(29)3-9-19-24-25-20-10-8-17(26-28(19)20)14-11-18(21(31-2)23-12-14)27-32(30)16-6-4-15(22)5-7-16/h4-8,10-13,27,29H,1-2H3. The first-order chi connectivity index (χ1) is 15.4. The predicted molar refractivity (Wildman–Crippen MR) is 116 cm³/mol. The van der Waals surface area contributed by atoms with Gasteiger partial charge in [0.2, 0.25) is 11.7 Å². The molecule has 1 aromatic carbocycles. The molecular weight excluding hydrogens is 435 g/mol. The first kappa shape index (κ1) is 21.4. The Bertz CT molecular complexity index is 1360. The van der Waals surface area contributed by atoms with Crippen LogP contribution in [0.4, 0.5) is 10.1 Å². The number of nitrogens with zero attached hydrogens (tertiary/aromatic N) is 5. The van der Waals surface area contributed by atoms with Crippen molar-refractivity contribution in [1.29, 1.82) is 0 Å². The van der Waals surface area contributed by atoms with Gasteiger partial charge >= 0.3 is 0 Å². The van der Waals surface area contributed by atoms with Gasteiger partial charge in [-0.2, -0.15) is 9.61 Å². The van der Waals surface area contributed by atoms with Gasteiger partial charge in [0.25, 0.3) is 0 Å². The van der Waals surface area contributed by atoms with Crippen LogP contribution < -0.4 is 9.46 Å². The number of aliphatic hydroxyl groups is 1. The SMILES string of the molecule is COc1ncc(-c2ccc3nnc(C#CC(C)O)n3n2)cc1NS(=O)c1ccc(F)cc1. The third-order valence-corrected chi connectivity index (χ3v) is 5.33. The van der Waals surface area contributed by atoms with Gasteiger partial charge in [-0.05, 0) is 55.3 Å². The van der Waals surface area contributed by atoms with Crippen molar-refractivity contribution in [1.82, 2.24) is 24.8 Å². The van der Waals surface area contributed by atoms with Crippen molar-refractivity contribution in [2.75, 3.05) is 11.8 Å². The summed E-state index contributed by atoms with van der Waals surface area (Å²) >= 11 is 0. The largest absolute Gasteiger partial charge is 0.480 e. The maximum absolute atomic E-state index is 13.2. The van der Waals surface area contributed by atoms with Crippen molar-refractivity contribution in [3.05, 3.63) is 60.3 Å². The van der Waals surface area contributed by atoms with E-state index in [1.807, 2.05) is 0 Å². The van der Waals surface area contributed by atoms with Gasteiger partial charge in [-0.25, -0.2) is 13.6 Å². The van der Waals surface area contributed by atoms with Crippen molar-refractivity contribution in [2.24, 2.45) is 0 Å². The molecule has 0 bridgehead atoms. The number of hydrogen-bond donors (Lipinski definition) is 2. The molecule has 0 saturated carbocycles. The Morgan fingerprint density at radius 1 is 1.22 bits per heavy atom. The number of pyridine rings is 1. The molecule has 3 aromatic heterocycles. The van der Waals surface area contributed by atoms with Gasteiger partial charge in [0, 0.05) is 11.8 Å². The normalized spacial score (nSPS) is 12.6. The van der Waals surface area contributed by atoms with Crippen LogP contribution in [-0.4, -0.2) is 47.3 Å². The van der Waals surface area contributed by atoms with Crippen LogP contribution in [0.15, 0.2) is 53.6 Å². The Kier molecular flexibility index (Phi) is 6.07. The van der Waals surface area contributed by atoms with E-state index in [-0.39, 0.29) is 11.7 Å². The molecule has 162 valence electrons. The molecule has 3 heterocycles. The molecule has 9 nitrogen and oxygen atoms in total. The number of nitrogens with one attached hydrogen (secondary N) is 1. The van der Waals surface area contributed by atoms with Gasteiger partial charge in [0.05, 0.1) is 17.7 Å². The topological polar surface area (TPSA) is 115 Å². The van der Waals surface area contributed by atoms with E-state index in [0.717, 1.165) is 0 Å². The summed E-state index contributed by atoms with van der Waals surface area (Å²) in [6.45, 7) is 1.54. The van der Waals surface area contributed by atoms with E-state index in [1.165, 1.54) is 35.9 Å². The van der Waals surface area contributed by atoms with Crippen molar-refractivity contribution in [3.8, 4) is 29.0 Å². The number of halogens is 1. The predicted octanol–water partition coefficient (Wildman–Crippen LogP) is 2.20. The lowest BCUT2D eigenvalue weighted by molar-refractivity contribution is 0.253. The summed E-state index contributed by atoms with van der Waals surface area (Å²) in [5.74, 6) is 5.44. The lowest BCUT2D eigenvalue weighted by Gasteiger charge is -2.11. The molecule has 11 heteroatoms. The van der Waals surface area contributed by atoms with Crippen LogP contribution in [0.2, 0.25) is 0 Å². The first-order valence-electron chi connectivity index (χ1n) is 9.35. The molecule has 4 rings (SSSR count). The summed E-state index contributed by atoms with van der Waals surface area (Å²) in [4.78, 5) is 4.66. The van der Waals surface area contributed by atoms with E-state index in [2.05, 4.69) is 36.8 Å². The van der Waals surface area contributed by atoms with Crippen molar-refractivity contribution in [3.63, 3.8) is 0 Å². The van der Waals surface area contributed by atoms with E-state index < -0.39 is 22.9 Å². The maximum Gasteiger partial charge on any atom is 0.238 e. The minimum Gasteiger partial charge on any atom is -0.480 e. The molecule has 0 aliphatic rings. The Morgan fingerprint density at radius 2 is 2.00 bits per heavy atom. The molecule has 0 amide bonds. The van der Waals surface area contributed by atoms with Crippen molar-refractivity contribution < 1.29 is 18.4 Å². The molecule has 0 aliphatic heterocycles. The average Bonchev–Trinajstić information content (AvgIpc) is 3.20. The van der Waals surface area contributed by atoms with Crippen LogP contribution in [0, 0.1) is 17.7 Å². The summed E-state index contributed by atoms with van der Waals surface area (Å²) < 4.78 is 35.4. The number of rotatable bonds is 5. The van der Waals surface area contributed by atoms with Crippen molar-refractivity contribution >= 4 is 22.3 Å². The number of fused-ring (bicyclic) bond motifs is 1. The molecule has 32 heavy (non-hydrogen) atoms. The number of aliphatic hydroxyl groups excluding tert-OH is 1. The van der Waals surface area contributed by atoms with Crippen LogP contribution in [-0.2, 0) is 11.0 Å². The van der Waals surface area contributed by atoms with E-state index in [1.54, 1.807) is 31.3 Å². The monoisotopic (exact) mass is 452 g/mol. The van der Waals surface area contributed by atoms with Crippen LogP contribution >= 0.6 is 0 Å². The van der Waals surface area contributed by atoms with Crippen LogP contribution in [0.1, 0.15) is 12.7 Å². The second kappa shape index (κ2) is 9.09. The lowest BCUT2D eigenvalue weighted by Crippen LogP contribution is -2.07. The lowest BCUT2D eigenvalue weighted by atomic mass is 10.2. The molecular formula is C21H17FN6O3S. The van der Waals surface area contributed by atoms with E-state index in [4.69, 9.17) is 4.74 Å². The highest BCUT2D eigenvalue weighted by Gasteiger charge is 2.14. The molecule has 0 spiro atoms. The van der Waals surface area contributed by atoms with E-state index in [9.17, 15) is 13.7 Å². The van der Waals surface area contributed by atoms with E-state index >= 15 is 0 Å².